The van der Waals surface area contributed by atoms with Crippen LogP contribution in [0.3, 0.4) is 0 Å². The molecule has 0 saturated carbocycles. The lowest BCUT2D eigenvalue weighted by Gasteiger charge is -2.13. The van der Waals surface area contributed by atoms with Crippen LogP contribution in [-0.4, -0.2) is 17.5 Å². The van der Waals surface area contributed by atoms with Crippen LogP contribution in [0, 0.1) is 5.82 Å². The minimum absolute atomic E-state index is 0.0777. The van der Waals surface area contributed by atoms with E-state index in [-0.39, 0.29) is 10.4 Å². The standard InChI is InChI=1S/C18H24ClFN4O/c1-5-21-17(23-9-12-6-7-14(20)13(19)8-12)24-11-16-22-10-15(25-16)18(2,3)4/h6-8,10H,5,9,11H2,1-4H3,(H2,21,23,24). The van der Waals surface area contributed by atoms with E-state index in [9.17, 15) is 4.39 Å². The Morgan fingerprint density at radius 3 is 2.68 bits per heavy atom. The molecule has 0 amide bonds. The van der Waals surface area contributed by atoms with Gasteiger partial charge in [-0.2, -0.15) is 0 Å². The zero-order valence-corrected chi connectivity index (χ0v) is 15.7. The fraction of sp³-hybridized carbons (Fsp3) is 0.444. The molecular weight excluding hydrogens is 343 g/mol. The van der Waals surface area contributed by atoms with Gasteiger partial charge in [-0.25, -0.2) is 14.4 Å². The summed E-state index contributed by atoms with van der Waals surface area (Å²) in [5, 5.41) is 6.42. The van der Waals surface area contributed by atoms with Crippen LogP contribution in [0.1, 0.15) is 44.9 Å². The van der Waals surface area contributed by atoms with E-state index >= 15 is 0 Å². The van der Waals surface area contributed by atoms with Gasteiger partial charge in [-0.15, -0.1) is 0 Å². The number of aromatic nitrogens is 1. The van der Waals surface area contributed by atoms with Gasteiger partial charge in [0.1, 0.15) is 11.6 Å². The maximum Gasteiger partial charge on any atom is 0.213 e. The molecule has 0 atom stereocenters. The number of guanidine groups is 1. The van der Waals surface area contributed by atoms with E-state index in [1.54, 1.807) is 18.3 Å². The normalized spacial score (nSPS) is 12.3. The second-order valence-corrected chi connectivity index (χ2v) is 7.07. The fourth-order valence-electron chi connectivity index (χ4n) is 2.05. The average Bonchev–Trinajstić information content (AvgIpc) is 3.02. The molecular formula is C18H24ClFN4O. The largest absolute Gasteiger partial charge is 0.443 e. The third-order valence-corrected chi connectivity index (χ3v) is 3.74. The summed E-state index contributed by atoms with van der Waals surface area (Å²) in [7, 11) is 0. The lowest BCUT2D eigenvalue weighted by atomic mass is 9.94. The van der Waals surface area contributed by atoms with Gasteiger partial charge in [-0.05, 0) is 24.6 Å². The Labute approximate surface area is 152 Å². The summed E-state index contributed by atoms with van der Waals surface area (Å²) in [5.41, 5.74) is 0.751. The summed E-state index contributed by atoms with van der Waals surface area (Å²) >= 11 is 5.80. The molecule has 0 saturated heterocycles. The van der Waals surface area contributed by atoms with Crippen molar-refractivity contribution in [1.29, 1.82) is 0 Å². The summed E-state index contributed by atoms with van der Waals surface area (Å²) in [5.74, 6) is 1.63. The highest BCUT2D eigenvalue weighted by atomic mass is 35.5. The molecule has 0 bridgehead atoms. The summed E-state index contributed by atoms with van der Waals surface area (Å²) in [6.45, 7) is 9.72. The quantitative estimate of drug-likeness (QED) is 0.619. The molecule has 136 valence electrons. The van der Waals surface area contributed by atoms with Crippen LogP contribution < -0.4 is 10.6 Å². The zero-order chi connectivity index (χ0) is 18.4. The molecule has 1 aromatic heterocycles. The Morgan fingerprint density at radius 2 is 2.08 bits per heavy atom. The van der Waals surface area contributed by atoms with Gasteiger partial charge in [0.25, 0.3) is 0 Å². The number of rotatable bonds is 5. The molecule has 0 aliphatic carbocycles. The molecule has 25 heavy (non-hydrogen) atoms. The number of aliphatic imine (C=N–C) groups is 1. The van der Waals surface area contributed by atoms with Crippen LogP contribution in [0.25, 0.3) is 0 Å². The Kier molecular flexibility index (Phi) is 6.42. The van der Waals surface area contributed by atoms with E-state index in [4.69, 9.17) is 16.0 Å². The van der Waals surface area contributed by atoms with E-state index in [0.29, 0.717) is 24.9 Å². The van der Waals surface area contributed by atoms with Gasteiger partial charge in [0.15, 0.2) is 5.96 Å². The van der Waals surface area contributed by atoms with Gasteiger partial charge >= 0.3 is 0 Å². The Balaban J connectivity index is 1.99. The number of halogens is 2. The molecule has 2 aromatic rings. The number of hydrogen-bond donors (Lipinski definition) is 2. The van der Waals surface area contributed by atoms with Crippen molar-refractivity contribution in [3.8, 4) is 0 Å². The maximum atomic E-state index is 13.2. The summed E-state index contributed by atoms with van der Waals surface area (Å²) in [6.07, 6.45) is 1.75. The van der Waals surface area contributed by atoms with E-state index in [2.05, 4.69) is 41.4 Å². The predicted molar refractivity (Wildman–Crippen MR) is 98.3 cm³/mol. The van der Waals surface area contributed by atoms with Crippen molar-refractivity contribution in [3.63, 3.8) is 0 Å². The van der Waals surface area contributed by atoms with Crippen molar-refractivity contribution in [2.45, 2.75) is 46.2 Å². The highest BCUT2D eigenvalue weighted by Crippen LogP contribution is 2.22. The molecule has 0 aliphatic heterocycles. The highest BCUT2D eigenvalue weighted by molar-refractivity contribution is 6.30. The molecule has 0 unspecified atom stereocenters. The molecule has 1 aromatic carbocycles. The predicted octanol–water partition coefficient (Wildman–Crippen LogP) is 4.02. The van der Waals surface area contributed by atoms with Gasteiger partial charge in [0, 0.05) is 12.0 Å². The molecule has 0 radical (unpaired) electrons. The first-order valence-electron chi connectivity index (χ1n) is 8.21. The minimum Gasteiger partial charge on any atom is -0.443 e. The molecule has 1 heterocycles. The van der Waals surface area contributed by atoms with Crippen LogP contribution in [0.5, 0.6) is 0 Å². The Hall–Kier alpha value is -2.08. The van der Waals surface area contributed by atoms with Gasteiger partial charge in [-0.1, -0.05) is 38.4 Å². The number of nitrogens with zero attached hydrogens (tertiary/aromatic N) is 2. The van der Waals surface area contributed by atoms with Crippen molar-refractivity contribution in [2.24, 2.45) is 4.99 Å². The van der Waals surface area contributed by atoms with Crippen molar-refractivity contribution in [2.75, 3.05) is 6.54 Å². The lowest BCUT2D eigenvalue weighted by molar-refractivity contribution is 0.379. The molecule has 7 heteroatoms. The van der Waals surface area contributed by atoms with Crippen LogP contribution in [0.15, 0.2) is 33.8 Å². The molecule has 2 rings (SSSR count). The van der Waals surface area contributed by atoms with Crippen molar-refractivity contribution in [3.05, 3.63) is 52.5 Å². The molecule has 0 spiro atoms. The minimum atomic E-state index is -0.432. The smallest absolute Gasteiger partial charge is 0.213 e. The zero-order valence-electron chi connectivity index (χ0n) is 15.0. The van der Waals surface area contributed by atoms with Crippen LogP contribution in [0.2, 0.25) is 5.02 Å². The second-order valence-electron chi connectivity index (χ2n) is 6.67. The first kappa shape index (κ1) is 19.2. The number of oxazole rings is 1. The van der Waals surface area contributed by atoms with Crippen LogP contribution in [-0.2, 0) is 18.5 Å². The lowest BCUT2D eigenvalue weighted by Crippen LogP contribution is -2.36. The number of nitrogens with one attached hydrogen (secondary N) is 2. The van der Waals surface area contributed by atoms with E-state index < -0.39 is 5.82 Å². The van der Waals surface area contributed by atoms with Crippen LogP contribution in [0.4, 0.5) is 4.39 Å². The molecule has 0 fully saturated rings. The number of benzene rings is 1. The van der Waals surface area contributed by atoms with Crippen molar-refractivity contribution < 1.29 is 8.81 Å². The van der Waals surface area contributed by atoms with Gasteiger partial charge in [-0.3, -0.25) is 0 Å². The van der Waals surface area contributed by atoms with E-state index in [0.717, 1.165) is 17.9 Å². The first-order chi connectivity index (χ1) is 11.8. The summed E-state index contributed by atoms with van der Waals surface area (Å²) in [4.78, 5) is 8.75. The fourth-order valence-corrected chi connectivity index (χ4v) is 2.25. The topological polar surface area (TPSA) is 62.5 Å². The van der Waals surface area contributed by atoms with Gasteiger partial charge < -0.3 is 15.1 Å². The second kappa shape index (κ2) is 8.34. The van der Waals surface area contributed by atoms with Gasteiger partial charge in [0.2, 0.25) is 5.89 Å². The Morgan fingerprint density at radius 1 is 1.32 bits per heavy atom. The average molecular weight is 367 g/mol. The highest BCUT2D eigenvalue weighted by Gasteiger charge is 2.19. The third kappa shape index (κ3) is 5.74. The molecule has 5 nitrogen and oxygen atoms in total. The third-order valence-electron chi connectivity index (χ3n) is 3.45. The molecule has 2 N–H and O–H groups in total. The van der Waals surface area contributed by atoms with Crippen molar-refractivity contribution in [1.82, 2.24) is 15.6 Å². The summed E-state index contributed by atoms with van der Waals surface area (Å²) in [6, 6.07) is 4.58. The Bertz CT molecular complexity index is 737. The monoisotopic (exact) mass is 366 g/mol. The number of hydrogen-bond acceptors (Lipinski definition) is 3. The first-order valence-corrected chi connectivity index (χ1v) is 8.58. The SMILES string of the molecule is CCNC(=NCc1ccc(F)c(Cl)c1)NCc1ncc(C(C)(C)C)o1. The van der Waals surface area contributed by atoms with E-state index in [1.165, 1.54) is 6.07 Å². The van der Waals surface area contributed by atoms with E-state index in [1.807, 2.05) is 6.92 Å². The van der Waals surface area contributed by atoms with Crippen LogP contribution >= 0.6 is 11.6 Å². The summed E-state index contributed by atoms with van der Waals surface area (Å²) < 4.78 is 19.0. The van der Waals surface area contributed by atoms with Gasteiger partial charge in [0.05, 0.1) is 24.3 Å². The van der Waals surface area contributed by atoms with Crippen molar-refractivity contribution >= 4 is 17.6 Å². The molecule has 0 aliphatic rings. The maximum absolute atomic E-state index is 13.2.